The molecule has 1 aliphatic heterocycles. The van der Waals surface area contributed by atoms with Gasteiger partial charge in [-0.2, -0.15) is 0 Å². The lowest BCUT2D eigenvalue weighted by Gasteiger charge is -2.30. The van der Waals surface area contributed by atoms with E-state index in [4.69, 9.17) is 33.7 Å². The number of carbonyl (C=O) groups is 3. The second-order valence-electron chi connectivity index (χ2n) is 6.40. The fourth-order valence-electron chi connectivity index (χ4n) is 3.24. The van der Waals surface area contributed by atoms with E-state index in [-0.39, 0.29) is 6.61 Å². The normalized spacial score (nSPS) is 18.6. The molecule has 29 heavy (non-hydrogen) atoms. The Morgan fingerprint density at radius 2 is 1.72 bits per heavy atom. The molecule has 0 aromatic heterocycles. The number of carbonyl (C=O) groups excluding carboxylic acids is 3. The van der Waals surface area contributed by atoms with Crippen LogP contribution >= 0.6 is 23.2 Å². The summed E-state index contributed by atoms with van der Waals surface area (Å²) in [5, 5.41) is 3.41. The van der Waals surface area contributed by atoms with E-state index in [9.17, 15) is 14.4 Å². The van der Waals surface area contributed by atoms with Crippen molar-refractivity contribution in [3.63, 3.8) is 0 Å². The van der Waals surface area contributed by atoms with E-state index in [1.807, 2.05) is 0 Å². The largest absolute Gasteiger partial charge is 0.465 e. The Morgan fingerprint density at radius 1 is 1.10 bits per heavy atom. The molecule has 6 nitrogen and oxygen atoms in total. The summed E-state index contributed by atoms with van der Waals surface area (Å²) in [4.78, 5) is 36.7. The van der Waals surface area contributed by atoms with Gasteiger partial charge < -0.3 is 15.8 Å². The fraction of sp³-hybridized carbons (Fsp3) is 0.190. The van der Waals surface area contributed by atoms with Gasteiger partial charge >= 0.3 is 5.97 Å². The van der Waals surface area contributed by atoms with Crippen molar-refractivity contribution < 1.29 is 19.1 Å². The first-order valence-corrected chi connectivity index (χ1v) is 9.62. The van der Waals surface area contributed by atoms with Crippen molar-refractivity contribution >= 4 is 46.7 Å². The molecule has 0 spiro atoms. The quantitative estimate of drug-likeness (QED) is 0.557. The monoisotopic (exact) mass is 432 g/mol. The van der Waals surface area contributed by atoms with Crippen LogP contribution in [0.3, 0.4) is 0 Å². The van der Waals surface area contributed by atoms with Crippen molar-refractivity contribution in [1.29, 1.82) is 0 Å². The molecule has 0 aliphatic carbocycles. The molecule has 0 fully saturated rings. The van der Waals surface area contributed by atoms with Crippen LogP contribution in [-0.2, 0) is 14.3 Å². The average molecular weight is 433 g/mol. The van der Waals surface area contributed by atoms with Gasteiger partial charge in [0, 0.05) is 27.2 Å². The molecule has 2 unspecified atom stereocenters. The number of rotatable bonds is 5. The maximum atomic E-state index is 12.9. The molecule has 150 valence electrons. The molecule has 3 rings (SSSR count). The van der Waals surface area contributed by atoms with E-state index in [1.54, 1.807) is 55.5 Å². The number of amides is 2. The van der Waals surface area contributed by atoms with E-state index in [2.05, 4.69) is 5.32 Å². The van der Waals surface area contributed by atoms with Gasteiger partial charge in [0.05, 0.1) is 6.61 Å². The number of primary amides is 1. The summed E-state index contributed by atoms with van der Waals surface area (Å²) in [6.45, 7) is 1.80. The van der Waals surface area contributed by atoms with Crippen molar-refractivity contribution in [2.45, 2.75) is 12.8 Å². The number of ether oxygens (including phenoxy) is 1. The summed E-state index contributed by atoms with van der Waals surface area (Å²) in [7, 11) is 0. The minimum Gasteiger partial charge on any atom is -0.465 e. The van der Waals surface area contributed by atoms with Gasteiger partial charge in [0.1, 0.15) is 5.92 Å². The minimum atomic E-state index is -1.14. The Balaban J connectivity index is 2.11. The van der Waals surface area contributed by atoms with Crippen LogP contribution in [0.2, 0.25) is 10.0 Å². The van der Waals surface area contributed by atoms with E-state index < -0.39 is 29.6 Å². The highest BCUT2D eigenvalue weighted by molar-refractivity contribution is 6.36. The molecule has 2 amide bonds. The second kappa shape index (κ2) is 8.68. The minimum absolute atomic E-state index is 0.136. The first-order chi connectivity index (χ1) is 13.8. The molecule has 0 bridgehead atoms. The van der Waals surface area contributed by atoms with Crippen molar-refractivity contribution in [2.75, 3.05) is 6.61 Å². The number of nitrogens with two attached hydrogens (primary N) is 1. The average Bonchev–Trinajstić information content (AvgIpc) is 2.67. The fourth-order valence-corrected chi connectivity index (χ4v) is 3.89. The predicted molar refractivity (Wildman–Crippen MR) is 110 cm³/mol. The van der Waals surface area contributed by atoms with E-state index >= 15 is 0 Å². The Kier molecular flexibility index (Phi) is 6.25. The number of hydrogen-bond acceptors (Lipinski definition) is 4. The maximum absolute atomic E-state index is 12.9. The second-order valence-corrected chi connectivity index (χ2v) is 7.22. The first kappa shape index (κ1) is 20.9. The van der Waals surface area contributed by atoms with Crippen LogP contribution < -0.4 is 11.1 Å². The van der Waals surface area contributed by atoms with Gasteiger partial charge in [0.15, 0.2) is 0 Å². The van der Waals surface area contributed by atoms with Gasteiger partial charge in [-0.05, 0) is 42.3 Å². The first-order valence-electron chi connectivity index (χ1n) is 8.87. The highest BCUT2D eigenvalue weighted by Crippen LogP contribution is 2.41. The number of nitrogens with one attached hydrogen (secondary N) is 1. The van der Waals surface area contributed by atoms with Crippen molar-refractivity contribution in [3.8, 4) is 0 Å². The molecule has 0 saturated heterocycles. The van der Waals surface area contributed by atoms with Crippen molar-refractivity contribution in [3.05, 3.63) is 75.3 Å². The molecule has 0 radical (unpaired) electrons. The molecular weight excluding hydrogens is 415 g/mol. The third kappa shape index (κ3) is 4.28. The number of hydrogen-bond donors (Lipinski definition) is 2. The standard InChI is InChI=1S/C21H18Cl2N2O4/c1-2-29-21(28)18-13(17-14(22)4-3-5-15(17)23)10-16(25-20(18)27)11-6-8-12(9-7-11)19(24)26/h3-10,13,18H,2H2,1H3,(H2,24,26)(H,25,27). The highest BCUT2D eigenvalue weighted by Gasteiger charge is 2.41. The molecule has 0 saturated carbocycles. The Hall–Kier alpha value is -2.83. The highest BCUT2D eigenvalue weighted by atomic mass is 35.5. The van der Waals surface area contributed by atoms with Crippen molar-refractivity contribution in [1.82, 2.24) is 5.32 Å². The molecule has 1 heterocycles. The van der Waals surface area contributed by atoms with Gasteiger partial charge in [-0.25, -0.2) is 0 Å². The Morgan fingerprint density at radius 3 is 2.28 bits per heavy atom. The topological polar surface area (TPSA) is 98.5 Å². The lowest BCUT2D eigenvalue weighted by Crippen LogP contribution is -2.42. The lowest BCUT2D eigenvalue weighted by atomic mass is 9.81. The third-order valence-corrected chi connectivity index (χ3v) is 5.26. The number of allylic oxidation sites excluding steroid dienone is 1. The summed E-state index contributed by atoms with van der Waals surface area (Å²) >= 11 is 12.7. The molecule has 2 aromatic rings. The van der Waals surface area contributed by atoms with Crippen LogP contribution in [0.5, 0.6) is 0 Å². The van der Waals surface area contributed by atoms with E-state index in [0.29, 0.717) is 32.4 Å². The van der Waals surface area contributed by atoms with Gasteiger partial charge in [-0.15, -0.1) is 0 Å². The predicted octanol–water partition coefficient (Wildman–Crippen LogP) is 3.53. The zero-order valence-electron chi connectivity index (χ0n) is 15.4. The molecule has 8 heteroatoms. The summed E-state index contributed by atoms with van der Waals surface area (Å²) in [6, 6.07) is 11.4. The van der Waals surface area contributed by atoms with Gasteiger partial charge in [-0.3, -0.25) is 14.4 Å². The third-order valence-electron chi connectivity index (χ3n) is 4.60. The summed E-state index contributed by atoms with van der Waals surface area (Å²) in [6.07, 6.45) is 1.72. The smallest absolute Gasteiger partial charge is 0.319 e. The van der Waals surface area contributed by atoms with Crippen LogP contribution in [0.4, 0.5) is 0 Å². The number of halogens is 2. The zero-order chi connectivity index (χ0) is 21.1. The summed E-state index contributed by atoms with van der Waals surface area (Å²) in [5.41, 5.74) is 7.18. The van der Waals surface area contributed by atoms with Gasteiger partial charge in [0.2, 0.25) is 11.8 Å². The molecule has 3 N–H and O–H groups in total. The van der Waals surface area contributed by atoms with E-state index in [1.165, 1.54) is 0 Å². The summed E-state index contributed by atoms with van der Waals surface area (Å²) in [5.74, 6) is -3.61. The Labute approximate surface area is 177 Å². The molecule has 2 aromatic carbocycles. The number of esters is 1. The van der Waals surface area contributed by atoms with Gasteiger partial charge in [-0.1, -0.05) is 47.5 Å². The van der Waals surface area contributed by atoms with Crippen molar-refractivity contribution in [2.24, 2.45) is 11.7 Å². The number of benzene rings is 2. The lowest BCUT2D eigenvalue weighted by molar-refractivity contribution is -0.152. The SMILES string of the molecule is CCOC(=O)C1C(=O)NC(c2ccc(C(N)=O)cc2)=CC1c1c(Cl)cccc1Cl. The van der Waals surface area contributed by atoms with Gasteiger partial charge in [0.25, 0.3) is 0 Å². The van der Waals surface area contributed by atoms with Crippen LogP contribution in [-0.4, -0.2) is 24.4 Å². The molecule has 1 aliphatic rings. The van der Waals surface area contributed by atoms with Crippen LogP contribution in [0.15, 0.2) is 48.5 Å². The zero-order valence-corrected chi connectivity index (χ0v) is 17.0. The van der Waals surface area contributed by atoms with Crippen LogP contribution in [0, 0.1) is 5.92 Å². The maximum Gasteiger partial charge on any atom is 0.319 e. The summed E-state index contributed by atoms with van der Waals surface area (Å²) < 4.78 is 5.10. The molecular formula is C21H18Cl2N2O4. The Bertz CT molecular complexity index is 982. The van der Waals surface area contributed by atoms with Crippen LogP contribution in [0.25, 0.3) is 5.70 Å². The molecule has 2 atom stereocenters. The van der Waals surface area contributed by atoms with E-state index in [0.717, 1.165) is 0 Å². The van der Waals surface area contributed by atoms with Crippen LogP contribution in [0.1, 0.15) is 34.3 Å².